The van der Waals surface area contributed by atoms with Crippen molar-refractivity contribution < 1.29 is 18.0 Å². The van der Waals surface area contributed by atoms with Gasteiger partial charge in [0.1, 0.15) is 5.82 Å². The highest BCUT2D eigenvalue weighted by molar-refractivity contribution is 6.08. The van der Waals surface area contributed by atoms with E-state index in [0.29, 0.717) is 16.9 Å². The number of pyridine rings is 2. The summed E-state index contributed by atoms with van der Waals surface area (Å²) in [5.41, 5.74) is 0.682. The topological polar surface area (TPSA) is 64.0 Å². The summed E-state index contributed by atoms with van der Waals surface area (Å²) >= 11 is 0. The van der Waals surface area contributed by atoms with Crippen molar-refractivity contribution in [3.63, 3.8) is 0 Å². The molecule has 0 spiro atoms. The molecule has 1 aliphatic carbocycles. The Kier molecular flexibility index (Phi) is 5.43. The Hall–Kier alpha value is -3.94. The summed E-state index contributed by atoms with van der Waals surface area (Å²) in [6.45, 7) is 1.61. The van der Waals surface area contributed by atoms with Crippen LogP contribution in [0.15, 0.2) is 65.7 Å². The normalized spacial score (nSPS) is 14.2. The lowest BCUT2D eigenvalue weighted by Gasteiger charge is -2.22. The number of fused-ring (bicyclic) bond motifs is 1. The Bertz CT molecular complexity index is 1480. The lowest BCUT2D eigenvalue weighted by Crippen LogP contribution is -2.33. The number of aromatic nitrogens is 2. The Morgan fingerprint density at radius 2 is 1.85 bits per heavy atom. The van der Waals surface area contributed by atoms with Crippen molar-refractivity contribution >= 4 is 16.7 Å². The van der Waals surface area contributed by atoms with E-state index >= 15 is 0 Å². The fraction of sp³-hybridized carbons (Fsp3) is 0.192. The van der Waals surface area contributed by atoms with Gasteiger partial charge in [0.2, 0.25) is 0 Å². The molecule has 1 amide bonds. The minimum atomic E-state index is -0.994. The molecule has 4 aromatic rings. The van der Waals surface area contributed by atoms with Gasteiger partial charge in [-0.15, -0.1) is 0 Å². The standard InChI is InChI=1S/C26H20F3N3O2/c1-14-22(25(33)31-24(15-7-8-15)16-9-10-19(27)21(29)12-16)18-5-2-6-20(28)23(18)26(34)32(14)17-4-3-11-30-13-17/h2-6,9-13,15,24H,7-8H2,1H3,(H,31,33)/t24-/m0/s1. The summed E-state index contributed by atoms with van der Waals surface area (Å²) in [5, 5.41) is 2.90. The van der Waals surface area contributed by atoms with E-state index in [-0.39, 0.29) is 22.3 Å². The molecule has 34 heavy (non-hydrogen) atoms. The number of carbonyl (C=O) groups excluding carboxylic acids is 1. The molecular formula is C26H20F3N3O2. The van der Waals surface area contributed by atoms with E-state index in [0.717, 1.165) is 25.0 Å². The van der Waals surface area contributed by atoms with Gasteiger partial charge in [0.05, 0.1) is 28.9 Å². The SMILES string of the molecule is Cc1c(C(=O)N[C@H](c2ccc(F)c(F)c2)C2CC2)c2cccc(F)c2c(=O)n1-c1cccnc1. The Morgan fingerprint density at radius 1 is 1.06 bits per heavy atom. The van der Waals surface area contributed by atoms with Crippen molar-refractivity contribution in [3.8, 4) is 5.69 Å². The van der Waals surface area contributed by atoms with Gasteiger partial charge in [0.15, 0.2) is 11.6 Å². The predicted molar refractivity (Wildman–Crippen MR) is 121 cm³/mol. The number of carbonyl (C=O) groups is 1. The summed E-state index contributed by atoms with van der Waals surface area (Å²) in [6, 6.07) is 10.4. The third-order valence-electron chi connectivity index (χ3n) is 6.21. The molecule has 0 radical (unpaired) electrons. The highest BCUT2D eigenvalue weighted by atomic mass is 19.2. The van der Waals surface area contributed by atoms with Gasteiger partial charge in [-0.05, 0) is 61.6 Å². The van der Waals surface area contributed by atoms with Crippen molar-refractivity contribution in [1.29, 1.82) is 0 Å². The molecule has 1 N–H and O–H groups in total. The zero-order valence-corrected chi connectivity index (χ0v) is 18.2. The lowest BCUT2D eigenvalue weighted by molar-refractivity contribution is 0.0932. The van der Waals surface area contributed by atoms with E-state index in [1.807, 2.05) is 0 Å². The monoisotopic (exact) mass is 463 g/mol. The van der Waals surface area contributed by atoms with E-state index in [2.05, 4.69) is 10.3 Å². The van der Waals surface area contributed by atoms with Crippen LogP contribution in [0.3, 0.4) is 0 Å². The Labute approximate surface area is 192 Å². The number of benzene rings is 2. The fourth-order valence-electron chi connectivity index (χ4n) is 4.43. The van der Waals surface area contributed by atoms with Crippen LogP contribution >= 0.6 is 0 Å². The van der Waals surface area contributed by atoms with E-state index in [9.17, 15) is 22.8 Å². The second-order valence-electron chi connectivity index (χ2n) is 8.44. The first-order valence-electron chi connectivity index (χ1n) is 10.9. The van der Waals surface area contributed by atoms with Crippen LogP contribution in [0.2, 0.25) is 0 Å². The van der Waals surface area contributed by atoms with Crippen LogP contribution in [-0.4, -0.2) is 15.5 Å². The molecule has 1 atom stereocenters. The van der Waals surface area contributed by atoms with Crippen LogP contribution in [-0.2, 0) is 0 Å². The molecule has 172 valence electrons. The van der Waals surface area contributed by atoms with Gasteiger partial charge in [0.25, 0.3) is 11.5 Å². The number of nitrogens with one attached hydrogen (secondary N) is 1. The molecule has 1 saturated carbocycles. The van der Waals surface area contributed by atoms with Gasteiger partial charge in [-0.25, -0.2) is 13.2 Å². The maximum atomic E-state index is 14.8. The highest BCUT2D eigenvalue weighted by Crippen LogP contribution is 2.41. The quantitative estimate of drug-likeness (QED) is 0.454. The summed E-state index contributed by atoms with van der Waals surface area (Å²) in [5.74, 6) is -3.17. The summed E-state index contributed by atoms with van der Waals surface area (Å²) in [6.07, 6.45) is 4.65. The maximum Gasteiger partial charge on any atom is 0.266 e. The minimum Gasteiger partial charge on any atom is -0.345 e. The molecule has 0 unspecified atom stereocenters. The number of nitrogens with zero attached hydrogens (tertiary/aromatic N) is 2. The zero-order valence-electron chi connectivity index (χ0n) is 18.2. The van der Waals surface area contributed by atoms with Crippen molar-refractivity contribution in [1.82, 2.24) is 14.9 Å². The average molecular weight is 463 g/mol. The van der Waals surface area contributed by atoms with Crippen LogP contribution in [0.4, 0.5) is 13.2 Å². The predicted octanol–water partition coefficient (Wildman–Crippen LogP) is 4.99. The Balaban J connectivity index is 1.67. The van der Waals surface area contributed by atoms with Crippen molar-refractivity contribution in [3.05, 3.63) is 106 Å². The van der Waals surface area contributed by atoms with Gasteiger partial charge < -0.3 is 5.32 Å². The van der Waals surface area contributed by atoms with Crippen molar-refractivity contribution in [2.24, 2.45) is 5.92 Å². The van der Waals surface area contributed by atoms with Gasteiger partial charge in [-0.2, -0.15) is 0 Å². The smallest absolute Gasteiger partial charge is 0.266 e. The average Bonchev–Trinajstić information content (AvgIpc) is 3.65. The number of halogens is 3. The molecule has 0 bridgehead atoms. The first-order valence-corrected chi connectivity index (χ1v) is 10.9. The van der Waals surface area contributed by atoms with Gasteiger partial charge in [-0.1, -0.05) is 18.2 Å². The third-order valence-corrected chi connectivity index (χ3v) is 6.21. The Morgan fingerprint density at radius 3 is 2.53 bits per heavy atom. The van der Waals surface area contributed by atoms with Crippen molar-refractivity contribution in [2.75, 3.05) is 0 Å². The minimum absolute atomic E-state index is 0.0707. The van der Waals surface area contributed by atoms with Gasteiger partial charge >= 0.3 is 0 Å². The molecule has 1 fully saturated rings. The fourth-order valence-corrected chi connectivity index (χ4v) is 4.43. The number of rotatable bonds is 5. The molecule has 2 aromatic heterocycles. The molecule has 1 aliphatic rings. The van der Waals surface area contributed by atoms with Crippen LogP contribution < -0.4 is 10.9 Å². The molecule has 5 nitrogen and oxygen atoms in total. The first kappa shape index (κ1) is 21.9. The van der Waals surface area contributed by atoms with Crippen LogP contribution in [0.25, 0.3) is 16.5 Å². The lowest BCUT2D eigenvalue weighted by atomic mass is 9.99. The first-order chi connectivity index (χ1) is 16.4. The molecule has 2 aromatic carbocycles. The van der Waals surface area contributed by atoms with E-state index in [4.69, 9.17) is 0 Å². The van der Waals surface area contributed by atoms with Crippen LogP contribution in [0.5, 0.6) is 0 Å². The molecule has 0 aliphatic heterocycles. The zero-order chi connectivity index (χ0) is 24.0. The third kappa shape index (κ3) is 3.75. The summed E-state index contributed by atoms with van der Waals surface area (Å²) < 4.78 is 43.5. The molecular weight excluding hydrogens is 443 g/mol. The summed E-state index contributed by atoms with van der Waals surface area (Å²) in [4.78, 5) is 30.9. The van der Waals surface area contributed by atoms with Crippen molar-refractivity contribution in [2.45, 2.75) is 25.8 Å². The molecule has 0 saturated heterocycles. The second-order valence-corrected chi connectivity index (χ2v) is 8.44. The maximum absolute atomic E-state index is 14.8. The van der Waals surface area contributed by atoms with Crippen LogP contribution in [0, 0.1) is 30.3 Å². The number of hydrogen-bond acceptors (Lipinski definition) is 3. The van der Waals surface area contributed by atoms with E-state index in [1.165, 1.54) is 35.0 Å². The molecule has 5 rings (SSSR count). The molecule has 2 heterocycles. The summed E-state index contributed by atoms with van der Waals surface area (Å²) in [7, 11) is 0. The highest BCUT2D eigenvalue weighted by Gasteiger charge is 2.35. The number of amides is 1. The van der Waals surface area contributed by atoms with E-state index in [1.54, 1.807) is 25.3 Å². The largest absolute Gasteiger partial charge is 0.345 e. The van der Waals surface area contributed by atoms with E-state index < -0.39 is 35.0 Å². The number of hydrogen-bond donors (Lipinski definition) is 1. The molecule has 8 heteroatoms. The van der Waals surface area contributed by atoms with Gasteiger partial charge in [0, 0.05) is 17.3 Å². The second kappa shape index (κ2) is 8.44. The van der Waals surface area contributed by atoms with Crippen LogP contribution in [0.1, 0.15) is 40.5 Å². The van der Waals surface area contributed by atoms with Gasteiger partial charge in [-0.3, -0.25) is 19.1 Å².